The number of morpholine rings is 1. The van der Waals surface area contributed by atoms with Crippen LogP contribution in [0, 0.1) is 5.82 Å². The number of carbonyl (C=O) groups excluding carboxylic acids is 3. The fourth-order valence-corrected chi connectivity index (χ4v) is 5.29. The quantitative estimate of drug-likeness (QED) is 0.625. The number of halogens is 1. The van der Waals surface area contributed by atoms with E-state index < -0.39 is 17.6 Å². The summed E-state index contributed by atoms with van der Waals surface area (Å²) in [5, 5.41) is 0. The van der Waals surface area contributed by atoms with E-state index in [1.54, 1.807) is 52.1 Å². The van der Waals surface area contributed by atoms with E-state index in [2.05, 4.69) is 0 Å². The number of hydrogen-bond donors (Lipinski definition) is 0. The van der Waals surface area contributed by atoms with E-state index in [-0.39, 0.29) is 29.9 Å². The first-order chi connectivity index (χ1) is 17.9. The summed E-state index contributed by atoms with van der Waals surface area (Å²) in [5.41, 5.74) is -0.332. The van der Waals surface area contributed by atoms with Crippen molar-refractivity contribution in [1.82, 2.24) is 14.7 Å². The number of methoxy groups -OCH3 is 1. The Labute approximate surface area is 214 Å². The highest BCUT2D eigenvalue weighted by atomic mass is 19.1. The zero-order valence-electron chi connectivity index (χ0n) is 20.7. The van der Waals surface area contributed by atoms with E-state index in [0.29, 0.717) is 63.5 Å². The maximum Gasteiger partial charge on any atom is 0.256 e. The molecule has 5 rings (SSSR count). The highest BCUT2D eigenvalue weighted by Crippen LogP contribution is 2.39. The van der Waals surface area contributed by atoms with Crippen molar-refractivity contribution in [2.75, 3.05) is 53.1 Å². The molecule has 3 heterocycles. The second kappa shape index (κ2) is 10.5. The van der Waals surface area contributed by atoms with Crippen LogP contribution in [0.3, 0.4) is 0 Å². The van der Waals surface area contributed by atoms with E-state index >= 15 is 0 Å². The number of likely N-dealkylation sites (tertiary alicyclic amines) is 1. The monoisotopic (exact) mass is 511 g/mol. The highest BCUT2D eigenvalue weighted by molar-refractivity contribution is 5.99. The summed E-state index contributed by atoms with van der Waals surface area (Å²) in [4.78, 5) is 45.3. The summed E-state index contributed by atoms with van der Waals surface area (Å²) in [7, 11) is 1.55. The summed E-state index contributed by atoms with van der Waals surface area (Å²) in [6, 6.07) is 11.6. The van der Waals surface area contributed by atoms with Crippen LogP contribution in [0.25, 0.3) is 0 Å². The number of piperidine rings is 1. The van der Waals surface area contributed by atoms with Gasteiger partial charge in [-0.3, -0.25) is 19.3 Å². The third kappa shape index (κ3) is 4.91. The summed E-state index contributed by atoms with van der Waals surface area (Å²) in [6.45, 7) is 2.52. The number of ether oxygens (including phenoxy) is 3. The largest absolute Gasteiger partial charge is 0.497 e. The Hall–Kier alpha value is -3.50. The zero-order chi connectivity index (χ0) is 26.0. The van der Waals surface area contributed by atoms with Crippen LogP contribution in [0.15, 0.2) is 48.5 Å². The summed E-state index contributed by atoms with van der Waals surface area (Å²) >= 11 is 0. The lowest BCUT2D eigenvalue weighted by Gasteiger charge is -2.45. The van der Waals surface area contributed by atoms with Gasteiger partial charge in [0.15, 0.2) is 0 Å². The molecule has 1 unspecified atom stereocenters. The number of hydrogen-bond acceptors (Lipinski definition) is 6. The third-order valence-electron chi connectivity index (χ3n) is 7.33. The van der Waals surface area contributed by atoms with Gasteiger partial charge in [-0.2, -0.15) is 0 Å². The van der Waals surface area contributed by atoms with Gasteiger partial charge in [-0.25, -0.2) is 4.39 Å². The molecule has 9 nitrogen and oxygen atoms in total. The second-order valence-corrected chi connectivity index (χ2v) is 9.42. The van der Waals surface area contributed by atoms with Crippen LogP contribution < -0.4 is 4.74 Å². The first-order valence-corrected chi connectivity index (χ1v) is 12.4. The van der Waals surface area contributed by atoms with Gasteiger partial charge in [0.25, 0.3) is 11.8 Å². The van der Waals surface area contributed by atoms with Crippen LogP contribution in [0.1, 0.15) is 33.6 Å². The molecule has 3 fully saturated rings. The maximum atomic E-state index is 13.9. The van der Waals surface area contributed by atoms with Crippen LogP contribution in [0.5, 0.6) is 5.75 Å². The molecule has 2 aromatic carbocycles. The van der Waals surface area contributed by atoms with E-state index in [0.717, 1.165) is 0 Å². The Kier molecular flexibility index (Phi) is 7.12. The lowest BCUT2D eigenvalue weighted by atomic mass is 9.96. The van der Waals surface area contributed by atoms with Crippen molar-refractivity contribution in [3.05, 3.63) is 65.5 Å². The van der Waals surface area contributed by atoms with Crippen molar-refractivity contribution in [1.29, 1.82) is 0 Å². The Bertz CT molecular complexity index is 1160. The molecular weight excluding hydrogens is 481 g/mol. The third-order valence-corrected chi connectivity index (χ3v) is 7.33. The molecule has 3 saturated heterocycles. The van der Waals surface area contributed by atoms with Crippen LogP contribution in [0.4, 0.5) is 4.39 Å². The van der Waals surface area contributed by atoms with E-state index in [1.807, 2.05) is 0 Å². The number of rotatable bonds is 4. The Morgan fingerprint density at radius 3 is 2.27 bits per heavy atom. The summed E-state index contributed by atoms with van der Waals surface area (Å²) in [5.74, 6) is -0.605. The minimum atomic E-state index is -1.03. The number of nitrogens with zero attached hydrogens (tertiary/aromatic N) is 3. The van der Waals surface area contributed by atoms with Gasteiger partial charge in [-0.15, -0.1) is 0 Å². The Morgan fingerprint density at radius 2 is 1.62 bits per heavy atom. The molecule has 0 saturated carbocycles. The van der Waals surface area contributed by atoms with E-state index in [1.165, 1.54) is 18.2 Å². The maximum absolute atomic E-state index is 13.9. The molecule has 3 aliphatic rings. The smallest absolute Gasteiger partial charge is 0.256 e. The van der Waals surface area contributed by atoms with Crippen molar-refractivity contribution < 1.29 is 33.0 Å². The lowest BCUT2D eigenvalue weighted by Crippen LogP contribution is -2.60. The van der Waals surface area contributed by atoms with Crippen LogP contribution in [-0.2, 0) is 14.3 Å². The fraction of sp³-hybridized carbons (Fsp3) is 0.444. The van der Waals surface area contributed by atoms with Gasteiger partial charge in [0.2, 0.25) is 5.91 Å². The van der Waals surface area contributed by atoms with Gasteiger partial charge in [0.05, 0.1) is 26.9 Å². The predicted octanol–water partition coefficient (Wildman–Crippen LogP) is 2.17. The SMILES string of the molecule is COc1ccc(C(=O)N2C(C(=O)N3CCOCC3)COC23CCN(C(=O)c2cccc(F)c2)CC3)cc1. The van der Waals surface area contributed by atoms with E-state index in [9.17, 15) is 18.8 Å². The predicted molar refractivity (Wildman–Crippen MR) is 131 cm³/mol. The second-order valence-electron chi connectivity index (χ2n) is 9.42. The topological polar surface area (TPSA) is 88.6 Å². The fourth-order valence-electron chi connectivity index (χ4n) is 5.29. The van der Waals surface area contributed by atoms with Crippen LogP contribution in [0.2, 0.25) is 0 Å². The van der Waals surface area contributed by atoms with Gasteiger partial charge in [-0.1, -0.05) is 6.07 Å². The zero-order valence-corrected chi connectivity index (χ0v) is 20.7. The molecule has 1 atom stereocenters. The molecule has 10 heteroatoms. The lowest BCUT2D eigenvalue weighted by molar-refractivity contribution is -0.141. The van der Waals surface area contributed by atoms with Crippen LogP contribution >= 0.6 is 0 Å². The van der Waals surface area contributed by atoms with Crippen LogP contribution in [-0.4, -0.2) is 97.3 Å². The first-order valence-electron chi connectivity index (χ1n) is 12.4. The van der Waals surface area contributed by atoms with E-state index in [4.69, 9.17) is 14.2 Å². The molecule has 1 spiro atoms. The first kappa shape index (κ1) is 25.2. The summed E-state index contributed by atoms with van der Waals surface area (Å²) in [6.07, 6.45) is 0.672. The Balaban J connectivity index is 1.39. The number of amides is 3. The summed E-state index contributed by atoms with van der Waals surface area (Å²) < 4.78 is 30.5. The minimum Gasteiger partial charge on any atom is -0.497 e. The van der Waals surface area contributed by atoms with Crippen molar-refractivity contribution in [3.8, 4) is 5.75 Å². The molecule has 37 heavy (non-hydrogen) atoms. The normalized spacial score (nSPS) is 21.2. The molecule has 0 radical (unpaired) electrons. The van der Waals surface area contributed by atoms with Gasteiger partial charge in [-0.05, 0) is 42.5 Å². The van der Waals surface area contributed by atoms with Crippen molar-refractivity contribution in [3.63, 3.8) is 0 Å². The molecule has 0 aliphatic carbocycles. The molecule has 196 valence electrons. The molecule has 0 N–H and O–H groups in total. The van der Waals surface area contributed by atoms with Gasteiger partial charge in [0, 0.05) is 50.1 Å². The van der Waals surface area contributed by atoms with Crippen molar-refractivity contribution in [2.24, 2.45) is 0 Å². The average molecular weight is 512 g/mol. The van der Waals surface area contributed by atoms with Crippen molar-refractivity contribution in [2.45, 2.75) is 24.6 Å². The molecule has 3 aliphatic heterocycles. The molecule has 0 bridgehead atoms. The standard InChI is InChI=1S/C27H30FN3O6/c1-35-22-7-5-19(6-8-22)25(33)31-23(26(34)30-13-15-36-16-14-30)18-37-27(31)9-11-29(12-10-27)24(32)20-3-2-4-21(28)17-20/h2-8,17,23H,9-16,18H2,1H3. The number of benzene rings is 2. The molecular formula is C27H30FN3O6. The Morgan fingerprint density at radius 1 is 0.919 bits per heavy atom. The van der Waals surface area contributed by atoms with Gasteiger partial charge in [0.1, 0.15) is 23.3 Å². The average Bonchev–Trinajstić information content (AvgIpc) is 3.31. The highest BCUT2D eigenvalue weighted by Gasteiger charge is 2.55. The minimum absolute atomic E-state index is 0.0793. The van der Waals surface area contributed by atoms with Gasteiger partial charge < -0.3 is 24.0 Å². The van der Waals surface area contributed by atoms with Crippen molar-refractivity contribution >= 4 is 17.7 Å². The number of carbonyl (C=O) groups is 3. The van der Waals surface area contributed by atoms with Gasteiger partial charge >= 0.3 is 0 Å². The molecule has 0 aromatic heterocycles. The molecule has 2 aromatic rings. The molecule has 3 amide bonds.